The maximum Gasteiger partial charge on any atom is 0.347 e. The molecule has 0 N–H and O–H groups in total. The van der Waals surface area contributed by atoms with E-state index in [0.29, 0.717) is 16.9 Å². The predicted octanol–water partition coefficient (Wildman–Crippen LogP) is 2.10. The van der Waals surface area contributed by atoms with Gasteiger partial charge in [0.1, 0.15) is 17.4 Å². The summed E-state index contributed by atoms with van der Waals surface area (Å²) in [6.45, 7) is 0.140. The van der Waals surface area contributed by atoms with Gasteiger partial charge >= 0.3 is 5.63 Å². The van der Waals surface area contributed by atoms with Crippen molar-refractivity contribution < 1.29 is 13.9 Å². The van der Waals surface area contributed by atoms with E-state index in [4.69, 9.17) is 13.9 Å². The zero-order chi connectivity index (χ0) is 11.0. The number of ether oxygens (including phenoxy) is 2. The minimum Gasteiger partial charge on any atom is -0.461 e. The molecule has 1 aliphatic heterocycles. The maximum absolute atomic E-state index is 11.7. The van der Waals surface area contributed by atoms with Crippen molar-refractivity contribution >= 4 is 16.7 Å². The van der Waals surface area contributed by atoms with Crippen LogP contribution in [0.25, 0.3) is 16.7 Å². The Labute approximate surface area is 90.7 Å². The summed E-state index contributed by atoms with van der Waals surface area (Å²) in [6.07, 6.45) is 1.42. The molecule has 0 aliphatic carbocycles. The third kappa shape index (κ3) is 1.35. The fourth-order valence-corrected chi connectivity index (χ4v) is 1.62. The third-order valence-corrected chi connectivity index (χ3v) is 2.38. The van der Waals surface area contributed by atoms with Gasteiger partial charge in [0, 0.05) is 5.39 Å². The Morgan fingerprint density at radius 1 is 1.19 bits per heavy atom. The Hall–Kier alpha value is -2.23. The van der Waals surface area contributed by atoms with Crippen LogP contribution in [0.2, 0.25) is 0 Å². The van der Waals surface area contributed by atoms with Crippen LogP contribution in [0.5, 0.6) is 0 Å². The van der Waals surface area contributed by atoms with Crippen LogP contribution < -0.4 is 5.63 Å². The number of hydrogen-bond acceptors (Lipinski definition) is 4. The van der Waals surface area contributed by atoms with Crippen LogP contribution >= 0.6 is 0 Å². The van der Waals surface area contributed by atoms with Crippen molar-refractivity contribution in [1.29, 1.82) is 0 Å². The molecule has 2 aromatic rings. The van der Waals surface area contributed by atoms with E-state index < -0.39 is 5.63 Å². The van der Waals surface area contributed by atoms with Crippen LogP contribution in [0.4, 0.5) is 0 Å². The fraction of sp³-hybridized carbons (Fsp3) is 0.0833. The van der Waals surface area contributed by atoms with Gasteiger partial charge in [-0.1, -0.05) is 18.2 Å². The molecule has 16 heavy (non-hydrogen) atoms. The van der Waals surface area contributed by atoms with Gasteiger partial charge in [0.2, 0.25) is 6.79 Å². The summed E-state index contributed by atoms with van der Waals surface area (Å²) in [6, 6.07) is 9.06. The average Bonchev–Trinajstić information content (AvgIpc) is 2.81. The lowest BCUT2D eigenvalue weighted by Gasteiger charge is -2.01. The summed E-state index contributed by atoms with van der Waals surface area (Å²) in [5.74, 6) is 0.416. The van der Waals surface area contributed by atoms with Crippen molar-refractivity contribution in [2.24, 2.45) is 0 Å². The number of fused-ring (bicyclic) bond motifs is 1. The highest BCUT2D eigenvalue weighted by Crippen LogP contribution is 2.21. The van der Waals surface area contributed by atoms with Crippen LogP contribution in [0, 0.1) is 0 Å². The summed E-state index contributed by atoms with van der Waals surface area (Å²) in [5, 5.41) is 0.855. The average molecular weight is 216 g/mol. The van der Waals surface area contributed by atoms with Gasteiger partial charge in [-0.15, -0.1) is 0 Å². The molecule has 0 unspecified atom stereocenters. The highest BCUT2D eigenvalue weighted by Gasteiger charge is 2.15. The molecular formula is C12H8O4. The van der Waals surface area contributed by atoms with Gasteiger partial charge in [-0.2, -0.15) is 0 Å². The molecule has 1 aromatic carbocycles. The van der Waals surface area contributed by atoms with Gasteiger partial charge < -0.3 is 13.9 Å². The van der Waals surface area contributed by atoms with Crippen molar-refractivity contribution in [2.45, 2.75) is 0 Å². The Morgan fingerprint density at radius 2 is 2.06 bits per heavy atom. The molecule has 0 saturated heterocycles. The number of hydrogen-bond donors (Lipinski definition) is 0. The second kappa shape index (κ2) is 3.41. The molecule has 1 aliphatic rings. The van der Waals surface area contributed by atoms with Gasteiger partial charge in [-0.05, 0) is 12.1 Å². The normalized spacial score (nSPS) is 14.4. The lowest BCUT2D eigenvalue weighted by Crippen LogP contribution is -2.06. The van der Waals surface area contributed by atoms with Crippen molar-refractivity contribution in [2.75, 3.05) is 6.79 Å². The molecule has 0 fully saturated rings. The molecule has 0 saturated carbocycles. The van der Waals surface area contributed by atoms with E-state index in [1.165, 1.54) is 6.26 Å². The highest BCUT2D eigenvalue weighted by molar-refractivity contribution is 5.79. The van der Waals surface area contributed by atoms with Crippen LogP contribution in [0.3, 0.4) is 0 Å². The second-order valence-electron chi connectivity index (χ2n) is 3.40. The van der Waals surface area contributed by atoms with Crippen molar-refractivity contribution in [3.8, 4) is 0 Å². The zero-order valence-corrected chi connectivity index (χ0v) is 8.30. The molecule has 3 rings (SSSR count). The van der Waals surface area contributed by atoms with Crippen LogP contribution in [0.15, 0.2) is 45.8 Å². The Bertz CT molecular complexity index is 624. The first-order chi connectivity index (χ1) is 7.84. The lowest BCUT2D eigenvalue weighted by atomic mass is 10.1. The largest absolute Gasteiger partial charge is 0.461 e. The van der Waals surface area contributed by atoms with E-state index in [-0.39, 0.29) is 6.79 Å². The minimum absolute atomic E-state index is 0.140. The standard InChI is InChI=1S/C12H8O4/c13-12-9(11-6-14-7-15-11)5-8-3-1-2-4-10(8)16-12/h1-6H,7H2. The van der Waals surface area contributed by atoms with Gasteiger partial charge in [0.15, 0.2) is 5.76 Å². The lowest BCUT2D eigenvalue weighted by molar-refractivity contribution is 0.100. The first kappa shape index (κ1) is 9.03. The molecular weight excluding hydrogens is 208 g/mol. The molecule has 1 aromatic heterocycles. The predicted molar refractivity (Wildman–Crippen MR) is 57.5 cm³/mol. The van der Waals surface area contributed by atoms with Crippen molar-refractivity contribution in [3.05, 3.63) is 52.6 Å². The Kier molecular flexibility index (Phi) is 1.93. The van der Waals surface area contributed by atoms with E-state index >= 15 is 0 Å². The summed E-state index contributed by atoms with van der Waals surface area (Å²) in [4.78, 5) is 11.7. The van der Waals surface area contributed by atoms with Crippen molar-refractivity contribution in [1.82, 2.24) is 0 Å². The van der Waals surface area contributed by atoms with Crippen LogP contribution in [-0.2, 0) is 9.47 Å². The van der Waals surface area contributed by atoms with E-state index in [1.54, 1.807) is 12.1 Å². The number of rotatable bonds is 1. The van der Waals surface area contributed by atoms with Gasteiger partial charge in [0.25, 0.3) is 0 Å². The third-order valence-electron chi connectivity index (χ3n) is 2.38. The summed E-state index contributed by atoms with van der Waals surface area (Å²) in [5.41, 5.74) is 0.530. The number of para-hydroxylation sites is 1. The molecule has 2 heterocycles. The van der Waals surface area contributed by atoms with E-state index in [0.717, 1.165) is 5.39 Å². The molecule has 0 bridgehead atoms. The first-order valence-corrected chi connectivity index (χ1v) is 4.82. The minimum atomic E-state index is -0.421. The molecule has 0 amide bonds. The highest BCUT2D eigenvalue weighted by atomic mass is 16.7. The van der Waals surface area contributed by atoms with Crippen molar-refractivity contribution in [3.63, 3.8) is 0 Å². The summed E-state index contributed by atoms with van der Waals surface area (Å²) < 4.78 is 15.2. The van der Waals surface area contributed by atoms with E-state index in [9.17, 15) is 4.79 Å². The van der Waals surface area contributed by atoms with Crippen LogP contribution in [0.1, 0.15) is 5.56 Å². The Morgan fingerprint density at radius 3 is 2.88 bits per heavy atom. The molecule has 4 nitrogen and oxygen atoms in total. The Balaban J connectivity index is 2.25. The van der Waals surface area contributed by atoms with E-state index in [1.807, 2.05) is 18.2 Å². The summed E-state index contributed by atoms with van der Waals surface area (Å²) >= 11 is 0. The summed E-state index contributed by atoms with van der Waals surface area (Å²) in [7, 11) is 0. The molecule has 0 spiro atoms. The SMILES string of the molecule is O=c1oc2ccccc2cc1C1=COCO1. The maximum atomic E-state index is 11.7. The van der Waals surface area contributed by atoms with Gasteiger partial charge in [-0.3, -0.25) is 0 Å². The molecule has 0 radical (unpaired) electrons. The van der Waals surface area contributed by atoms with E-state index in [2.05, 4.69) is 0 Å². The number of benzene rings is 1. The molecule has 80 valence electrons. The second-order valence-corrected chi connectivity index (χ2v) is 3.40. The monoisotopic (exact) mass is 216 g/mol. The van der Waals surface area contributed by atoms with Gasteiger partial charge in [-0.25, -0.2) is 4.79 Å². The fourth-order valence-electron chi connectivity index (χ4n) is 1.62. The molecule has 0 atom stereocenters. The van der Waals surface area contributed by atoms with Crippen LogP contribution in [-0.4, -0.2) is 6.79 Å². The quantitative estimate of drug-likeness (QED) is 0.685. The first-order valence-electron chi connectivity index (χ1n) is 4.82. The van der Waals surface area contributed by atoms with Gasteiger partial charge in [0.05, 0.1) is 0 Å². The molecule has 4 heteroatoms. The zero-order valence-electron chi connectivity index (χ0n) is 8.30. The topological polar surface area (TPSA) is 48.7 Å². The smallest absolute Gasteiger partial charge is 0.347 e.